The number of nitriles is 2. The number of nitrogens with zero attached hydrogens (tertiary/aromatic N) is 2. The van der Waals surface area contributed by atoms with Gasteiger partial charge >= 0.3 is 5.97 Å². The summed E-state index contributed by atoms with van der Waals surface area (Å²) in [5, 5.41) is 21.8. The highest BCUT2D eigenvalue weighted by molar-refractivity contribution is 5.87. The summed E-state index contributed by atoms with van der Waals surface area (Å²) in [7, 11) is 1.38. The number of ether oxygens (including phenoxy) is 1. The molecular formula is C31H23FN2O2. The fourth-order valence-electron chi connectivity index (χ4n) is 7.42. The molecule has 5 heteroatoms. The molecule has 1 unspecified atom stereocenters. The molecule has 0 bridgehead atoms. The lowest BCUT2D eigenvalue weighted by molar-refractivity contribution is -0.144. The molecular weight excluding hydrogens is 451 g/mol. The van der Waals surface area contributed by atoms with E-state index in [4.69, 9.17) is 4.74 Å². The van der Waals surface area contributed by atoms with Crippen molar-refractivity contribution >= 4 is 12.0 Å². The first-order chi connectivity index (χ1) is 17.5. The number of hydrogen-bond donors (Lipinski definition) is 0. The van der Waals surface area contributed by atoms with E-state index in [9.17, 15) is 19.7 Å². The van der Waals surface area contributed by atoms with Crippen molar-refractivity contribution in [3.8, 4) is 12.1 Å². The van der Waals surface area contributed by atoms with Crippen LogP contribution in [0.2, 0.25) is 0 Å². The standard InChI is InChI=1S/C31H23FN2O2/c1-36-29(35)28-26-15-21-11-13-22(32)16-25(21)30(17-33,18-34)31(26)23-10-6-5-7-19(23)12-14-24(31)27(28)20-8-3-2-4-9-20/h2-11,13,15-16,24,27-28H,12,14H2,1H3/t24-,27-,28-,31?/m1/s1. The molecule has 1 fully saturated rings. The van der Waals surface area contributed by atoms with Gasteiger partial charge in [0, 0.05) is 5.92 Å². The van der Waals surface area contributed by atoms with Gasteiger partial charge in [0.05, 0.1) is 30.6 Å². The van der Waals surface area contributed by atoms with Gasteiger partial charge in [0.25, 0.3) is 0 Å². The summed E-state index contributed by atoms with van der Waals surface area (Å²) < 4.78 is 20.0. The van der Waals surface area contributed by atoms with Crippen LogP contribution < -0.4 is 0 Å². The number of rotatable bonds is 2. The molecule has 3 aliphatic rings. The number of esters is 1. The average Bonchev–Trinajstić information content (AvgIpc) is 3.23. The van der Waals surface area contributed by atoms with Crippen LogP contribution in [0, 0.1) is 40.3 Å². The van der Waals surface area contributed by atoms with Crippen LogP contribution in [0.25, 0.3) is 6.08 Å². The molecule has 0 aliphatic heterocycles. The first-order valence-electron chi connectivity index (χ1n) is 12.1. The quantitative estimate of drug-likeness (QED) is 0.454. The topological polar surface area (TPSA) is 73.9 Å². The second-order valence-electron chi connectivity index (χ2n) is 9.85. The third kappa shape index (κ3) is 2.58. The van der Waals surface area contributed by atoms with Gasteiger partial charge in [-0.2, -0.15) is 10.5 Å². The number of carbonyl (C=O) groups is 1. The highest BCUT2D eigenvalue weighted by Gasteiger charge is 2.72. The maximum Gasteiger partial charge on any atom is 0.313 e. The molecule has 0 heterocycles. The Hall–Kier alpha value is -4.22. The Morgan fingerprint density at radius 1 is 1.00 bits per heavy atom. The largest absolute Gasteiger partial charge is 0.469 e. The van der Waals surface area contributed by atoms with Crippen molar-refractivity contribution in [3.63, 3.8) is 0 Å². The van der Waals surface area contributed by atoms with E-state index >= 15 is 0 Å². The van der Waals surface area contributed by atoms with Crippen LogP contribution in [0.3, 0.4) is 0 Å². The molecule has 3 aliphatic carbocycles. The molecule has 1 saturated carbocycles. The van der Waals surface area contributed by atoms with Crippen LogP contribution in [0.5, 0.6) is 0 Å². The van der Waals surface area contributed by atoms with E-state index in [2.05, 4.69) is 12.1 Å². The summed E-state index contributed by atoms with van der Waals surface area (Å²) in [6.07, 6.45) is 3.36. The molecule has 0 amide bonds. The summed E-state index contributed by atoms with van der Waals surface area (Å²) in [5.41, 5.74) is 1.68. The summed E-state index contributed by atoms with van der Waals surface area (Å²) in [6.45, 7) is 0. The Labute approximate surface area is 209 Å². The fourth-order valence-corrected chi connectivity index (χ4v) is 7.42. The van der Waals surface area contributed by atoms with E-state index in [-0.39, 0.29) is 11.8 Å². The second-order valence-corrected chi connectivity index (χ2v) is 9.85. The van der Waals surface area contributed by atoms with E-state index in [0.29, 0.717) is 23.1 Å². The van der Waals surface area contributed by atoms with Gasteiger partial charge in [0.15, 0.2) is 5.41 Å². The molecule has 6 rings (SSSR count). The smallest absolute Gasteiger partial charge is 0.313 e. The van der Waals surface area contributed by atoms with Crippen LogP contribution >= 0.6 is 0 Å². The van der Waals surface area contributed by atoms with Crippen LogP contribution in [0.1, 0.15) is 40.2 Å². The lowest BCUT2D eigenvalue weighted by Gasteiger charge is -2.52. The molecule has 0 saturated heterocycles. The van der Waals surface area contributed by atoms with Gasteiger partial charge in [-0.25, -0.2) is 4.39 Å². The maximum atomic E-state index is 14.7. The molecule has 4 nitrogen and oxygen atoms in total. The molecule has 3 aromatic carbocycles. The first-order valence-corrected chi connectivity index (χ1v) is 12.1. The first kappa shape index (κ1) is 22.3. The summed E-state index contributed by atoms with van der Waals surface area (Å²) in [6, 6.07) is 26.7. The molecule has 0 aromatic heterocycles. The van der Waals surface area contributed by atoms with Crippen molar-refractivity contribution in [1.29, 1.82) is 10.5 Å². The number of aryl methyl sites for hydroxylation is 1. The molecule has 176 valence electrons. The number of carbonyl (C=O) groups excluding carboxylic acids is 1. The van der Waals surface area contributed by atoms with Crippen LogP contribution in [-0.2, 0) is 26.8 Å². The van der Waals surface area contributed by atoms with Gasteiger partial charge in [-0.05, 0) is 64.3 Å². The zero-order chi connectivity index (χ0) is 25.1. The fraction of sp³-hybridized carbons (Fsp3) is 0.258. The minimum Gasteiger partial charge on any atom is -0.469 e. The third-order valence-corrected chi connectivity index (χ3v) is 8.60. The Kier molecular flexibility index (Phi) is 4.88. The number of fused-ring (bicyclic) bond motifs is 2. The van der Waals surface area contributed by atoms with E-state index in [1.54, 1.807) is 6.07 Å². The molecule has 0 radical (unpaired) electrons. The number of methoxy groups -OCH3 is 1. The molecule has 36 heavy (non-hydrogen) atoms. The van der Waals surface area contributed by atoms with Crippen molar-refractivity contribution < 1.29 is 13.9 Å². The normalized spacial score (nSPS) is 26.7. The summed E-state index contributed by atoms with van der Waals surface area (Å²) in [5.74, 6) is -2.14. The maximum absolute atomic E-state index is 14.7. The van der Waals surface area contributed by atoms with Crippen molar-refractivity contribution in [2.45, 2.75) is 29.6 Å². The summed E-state index contributed by atoms with van der Waals surface area (Å²) in [4.78, 5) is 13.6. The van der Waals surface area contributed by atoms with Gasteiger partial charge in [-0.1, -0.05) is 66.7 Å². The average molecular weight is 475 g/mol. The third-order valence-electron chi connectivity index (χ3n) is 8.60. The van der Waals surface area contributed by atoms with E-state index < -0.39 is 28.5 Å². The Morgan fingerprint density at radius 3 is 2.44 bits per heavy atom. The van der Waals surface area contributed by atoms with E-state index in [0.717, 1.165) is 23.1 Å². The van der Waals surface area contributed by atoms with Crippen LogP contribution in [-0.4, -0.2) is 13.1 Å². The molecule has 3 aromatic rings. The van der Waals surface area contributed by atoms with E-state index in [1.165, 1.54) is 19.2 Å². The molecule has 0 N–H and O–H groups in total. The van der Waals surface area contributed by atoms with Crippen molar-refractivity contribution in [2.24, 2.45) is 11.8 Å². The summed E-state index contributed by atoms with van der Waals surface area (Å²) >= 11 is 0. The number of benzene rings is 3. The van der Waals surface area contributed by atoms with E-state index in [1.807, 2.05) is 60.7 Å². The highest BCUT2D eigenvalue weighted by Crippen LogP contribution is 2.71. The Balaban J connectivity index is 1.80. The second kappa shape index (κ2) is 7.90. The zero-order valence-electron chi connectivity index (χ0n) is 19.7. The van der Waals surface area contributed by atoms with Crippen molar-refractivity contribution in [3.05, 3.63) is 112 Å². The lowest BCUT2D eigenvalue weighted by atomic mass is 9.46. The van der Waals surface area contributed by atoms with Gasteiger partial charge in [-0.3, -0.25) is 4.79 Å². The minimum atomic E-state index is -1.73. The van der Waals surface area contributed by atoms with Crippen molar-refractivity contribution in [2.75, 3.05) is 7.11 Å². The monoisotopic (exact) mass is 474 g/mol. The van der Waals surface area contributed by atoms with Gasteiger partial charge in [0.2, 0.25) is 0 Å². The molecule has 4 atom stereocenters. The van der Waals surface area contributed by atoms with Gasteiger partial charge in [0.1, 0.15) is 5.82 Å². The number of hydrogen-bond acceptors (Lipinski definition) is 4. The van der Waals surface area contributed by atoms with Crippen molar-refractivity contribution in [1.82, 2.24) is 0 Å². The van der Waals surface area contributed by atoms with Gasteiger partial charge < -0.3 is 4.74 Å². The Morgan fingerprint density at radius 2 is 1.72 bits per heavy atom. The van der Waals surface area contributed by atoms with Crippen LogP contribution in [0.15, 0.2) is 78.4 Å². The zero-order valence-corrected chi connectivity index (χ0v) is 19.7. The van der Waals surface area contributed by atoms with Gasteiger partial charge in [-0.15, -0.1) is 0 Å². The SMILES string of the molecule is COC(=O)[C@@H]1C2=Cc3ccc(F)cc3C(C#N)(C#N)C23c2ccccc2CC[C@@H]3[C@H]1c1ccccc1. The van der Waals surface area contributed by atoms with Crippen LogP contribution in [0.4, 0.5) is 4.39 Å². The number of halogens is 1. The molecule has 1 spiro atoms. The minimum absolute atomic E-state index is 0.249. The predicted octanol–water partition coefficient (Wildman–Crippen LogP) is 5.59. The predicted molar refractivity (Wildman–Crippen MR) is 132 cm³/mol. The highest BCUT2D eigenvalue weighted by atomic mass is 19.1. The lowest BCUT2D eigenvalue weighted by Crippen LogP contribution is -2.55. The Bertz CT molecular complexity index is 1500.